The third-order valence-corrected chi connectivity index (χ3v) is 5.48. The summed E-state index contributed by atoms with van der Waals surface area (Å²) >= 11 is 0. The first kappa shape index (κ1) is 19.2. The Morgan fingerprint density at radius 2 is 1.79 bits per heavy atom. The fourth-order valence-corrected chi connectivity index (χ4v) is 3.96. The van der Waals surface area contributed by atoms with E-state index in [4.69, 9.17) is 0 Å². The first-order valence-electron chi connectivity index (χ1n) is 10.1. The molecule has 5 heteroatoms. The third kappa shape index (κ3) is 4.67. The molecule has 0 N–H and O–H groups in total. The van der Waals surface area contributed by atoms with Gasteiger partial charge in [-0.3, -0.25) is 14.8 Å². The molecule has 1 fully saturated rings. The zero-order chi connectivity index (χ0) is 20.1. The number of aromatic nitrogens is 2. The second-order valence-electron chi connectivity index (χ2n) is 7.46. The van der Waals surface area contributed by atoms with Crippen molar-refractivity contribution >= 4 is 5.91 Å². The van der Waals surface area contributed by atoms with Gasteiger partial charge in [-0.2, -0.15) is 0 Å². The lowest BCUT2D eigenvalue weighted by atomic mass is 9.91. The number of halogens is 1. The van der Waals surface area contributed by atoms with Crippen molar-refractivity contribution in [1.82, 2.24) is 14.9 Å². The molecule has 1 atom stereocenters. The van der Waals surface area contributed by atoms with Gasteiger partial charge in [0.25, 0.3) is 0 Å². The molecule has 0 radical (unpaired) electrons. The Labute approximate surface area is 170 Å². The number of nitrogens with zero attached hydrogens (tertiary/aromatic N) is 3. The molecule has 1 unspecified atom stereocenters. The molecule has 1 aliphatic rings. The van der Waals surface area contributed by atoms with Crippen LogP contribution in [0.15, 0.2) is 67.0 Å². The SMILES string of the molecule is O=C(CCc1ccccc1)N1CCCC(c2nccnc2-c2ccc(F)cc2)C1. The quantitative estimate of drug-likeness (QED) is 0.640. The van der Waals surface area contributed by atoms with Crippen LogP contribution in [0.5, 0.6) is 0 Å². The smallest absolute Gasteiger partial charge is 0.222 e. The molecule has 0 saturated carbocycles. The third-order valence-electron chi connectivity index (χ3n) is 5.48. The first-order chi connectivity index (χ1) is 14.2. The summed E-state index contributed by atoms with van der Waals surface area (Å²) in [6.45, 7) is 1.44. The summed E-state index contributed by atoms with van der Waals surface area (Å²) in [5, 5.41) is 0. The summed E-state index contributed by atoms with van der Waals surface area (Å²) in [4.78, 5) is 23.9. The average molecular weight is 389 g/mol. The molecule has 148 valence electrons. The second-order valence-corrected chi connectivity index (χ2v) is 7.46. The molecule has 1 aromatic heterocycles. The molecule has 4 rings (SSSR count). The van der Waals surface area contributed by atoms with Gasteiger partial charge in [-0.1, -0.05) is 30.3 Å². The minimum absolute atomic E-state index is 0.137. The van der Waals surface area contributed by atoms with Crippen LogP contribution in [0.2, 0.25) is 0 Å². The van der Waals surface area contributed by atoms with Gasteiger partial charge in [0, 0.05) is 43.4 Å². The van der Waals surface area contributed by atoms with Gasteiger partial charge in [-0.05, 0) is 49.1 Å². The maximum absolute atomic E-state index is 13.3. The standard InChI is InChI=1S/C24H24FN3O/c25-21-11-9-19(10-12-21)23-24(27-15-14-26-23)20-7-4-16-28(17-20)22(29)13-8-18-5-2-1-3-6-18/h1-3,5-6,9-12,14-15,20H,4,7-8,13,16-17H2. The second kappa shape index (κ2) is 8.95. The summed E-state index contributed by atoms with van der Waals surface area (Å²) in [7, 11) is 0. The van der Waals surface area contributed by atoms with E-state index in [-0.39, 0.29) is 17.6 Å². The molecule has 1 saturated heterocycles. The van der Waals surface area contributed by atoms with Crippen LogP contribution in [-0.4, -0.2) is 33.9 Å². The Balaban J connectivity index is 1.47. The highest BCUT2D eigenvalue weighted by molar-refractivity contribution is 5.76. The lowest BCUT2D eigenvalue weighted by molar-refractivity contribution is -0.132. The normalized spacial score (nSPS) is 16.6. The summed E-state index contributed by atoms with van der Waals surface area (Å²) in [6, 6.07) is 16.4. The number of benzene rings is 2. The van der Waals surface area contributed by atoms with Crippen molar-refractivity contribution in [3.05, 3.63) is 84.1 Å². The van der Waals surface area contributed by atoms with E-state index in [1.54, 1.807) is 24.5 Å². The summed E-state index contributed by atoms with van der Waals surface area (Å²) in [6.07, 6.45) is 6.54. The van der Waals surface area contributed by atoms with Crippen LogP contribution >= 0.6 is 0 Å². The molecular formula is C24H24FN3O. The molecule has 3 aromatic rings. The van der Waals surface area contributed by atoms with Crippen molar-refractivity contribution in [3.8, 4) is 11.3 Å². The van der Waals surface area contributed by atoms with Crippen molar-refractivity contribution in [1.29, 1.82) is 0 Å². The van der Waals surface area contributed by atoms with Gasteiger partial charge in [-0.15, -0.1) is 0 Å². The maximum Gasteiger partial charge on any atom is 0.222 e. The monoisotopic (exact) mass is 389 g/mol. The van der Waals surface area contributed by atoms with Gasteiger partial charge >= 0.3 is 0 Å². The molecule has 4 nitrogen and oxygen atoms in total. The zero-order valence-electron chi connectivity index (χ0n) is 16.3. The van der Waals surface area contributed by atoms with Crippen LogP contribution in [0.1, 0.15) is 36.4 Å². The van der Waals surface area contributed by atoms with Crippen LogP contribution in [0.4, 0.5) is 4.39 Å². The van der Waals surface area contributed by atoms with Crippen LogP contribution < -0.4 is 0 Å². The minimum atomic E-state index is -0.271. The average Bonchev–Trinajstić information content (AvgIpc) is 2.79. The highest BCUT2D eigenvalue weighted by atomic mass is 19.1. The van der Waals surface area contributed by atoms with Crippen molar-refractivity contribution in [3.63, 3.8) is 0 Å². The van der Waals surface area contributed by atoms with Crippen molar-refractivity contribution in [2.75, 3.05) is 13.1 Å². The van der Waals surface area contributed by atoms with Crippen molar-refractivity contribution in [2.45, 2.75) is 31.6 Å². The number of amides is 1. The molecular weight excluding hydrogens is 365 g/mol. The largest absolute Gasteiger partial charge is 0.342 e. The molecule has 29 heavy (non-hydrogen) atoms. The molecule has 1 aliphatic heterocycles. The van der Waals surface area contributed by atoms with Gasteiger partial charge in [0.05, 0.1) is 11.4 Å². The molecule has 1 amide bonds. The van der Waals surface area contributed by atoms with E-state index >= 15 is 0 Å². The molecule has 0 aliphatic carbocycles. The molecule has 2 heterocycles. The topological polar surface area (TPSA) is 46.1 Å². The Hall–Kier alpha value is -3.08. The number of hydrogen-bond acceptors (Lipinski definition) is 3. The van der Waals surface area contributed by atoms with E-state index in [1.807, 2.05) is 23.1 Å². The number of carbonyl (C=O) groups is 1. The van der Waals surface area contributed by atoms with Gasteiger partial charge in [0.2, 0.25) is 5.91 Å². The maximum atomic E-state index is 13.3. The molecule has 2 aromatic carbocycles. The van der Waals surface area contributed by atoms with E-state index in [0.29, 0.717) is 13.0 Å². The van der Waals surface area contributed by atoms with E-state index in [1.165, 1.54) is 17.7 Å². The van der Waals surface area contributed by atoms with E-state index in [0.717, 1.165) is 42.8 Å². The fraction of sp³-hybridized carbons (Fsp3) is 0.292. The Bertz CT molecular complexity index is 959. The highest BCUT2D eigenvalue weighted by Crippen LogP contribution is 2.32. The summed E-state index contributed by atoms with van der Waals surface area (Å²) in [5.74, 6) is 0.0519. The van der Waals surface area contributed by atoms with Gasteiger partial charge in [0.15, 0.2) is 0 Å². The number of rotatable bonds is 5. The highest BCUT2D eigenvalue weighted by Gasteiger charge is 2.27. The number of piperidine rings is 1. The Kier molecular flexibility index (Phi) is 5.94. The zero-order valence-corrected chi connectivity index (χ0v) is 16.3. The van der Waals surface area contributed by atoms with Gasteiger partial charge in [0.1, 0.15) is 5.82 Å². The predicted molar refractivity (Wildman–Crippen MR) is 111 cm³/mol. The first-order valence-corrected chi connectivity index (χ1v) is 10.1. The predicted octanol–water partition coefficient (Wildman–Crippen LogP) is 4.62. The lowest BCUT2D eigenvalue weighted by Gasteiger charge is -2.33. The molecule has 0 bridgehead atoms. The van der Waals surface area contributed by atoms with Gasteiger partial charge in [-0.25, -0.2) is 4.39 Å². The fourth-order valence-electron chi connectivity index (χ4n) is 3.96. The van der Waals surface area contributed by atoms with E-state index in [9.17, 15) is 9.18 Å². The summed E-state index contributed by atoms with van der Waals surface area (Å²) in [5.41, 5.74) is 3.69. The minimum Gasteiger partial charge on any atom is -0.342 e. The molecule has 0 spiro atoms. The van der Waals surface area contributed by atoms with E-state index < -0.39 is 0 Å². The van der Waals surface area contributed by atoms with Crippen LogP contribution in [0.3, 0.4) is 0 Å². The van der Waals surface area contributed by atoms with Crippen molar-refractivity contribution in [2.24, 2.45) is 0 Å². The van der Waals surface area contributed by atoms with Crippen molar-refractivity contribution < 1.29 is 9.18 Å². The van der Waals surface area contributed by atoms with Crippen LogP contribution in [-0.2, 0) is 11.2 Å². The lowest BCUT2D eigenvalue weighted by Crippen LogP contribution is -2.39. The van der Waals surface area contributed by atoms with E-state index in [2.05, 4.69) is 22.1 Å². The number of hydrogen-bond donors (Lipinski definition) is 0. The van der Waals surface area contributed by atoms with Crippen LogP contribution in [0, 0.1) is 5.82 Å². The Morgan fingerprint density at radius 1 is 1.03 bits per heavy atom. The number of carbonyl (C=O) groups excluding carboxylic acids is 1. The summed E-state index contributed by atoms with van der Waals surface area (Å²) < 4.78 is 13.3. The number of aryl methyl sites for hydroxylation is 1. The Morgan fingerprint density at radius 3 is 2.59 bits per heavy atom. The van der Waals surface area contributed by atoms with Crippen LogP contribution in [0.25, 0.3) is 11.3 Å². The number of likely N-dealkylation sites (tertiary alicyclic amines) is 1. The van der Waals surface area contributed by atoms with Gasteiger partial charge < -0.3 is 4.90 Å².